The van der Waals surface area contributed by atoms with Crippen LogP contribution in [0.1, 0.15) is 28.9 Å². The fourth-order valence-corrected chi connectivity index (χ4v) is 1.34. The first kappa shape index (κ1) is 11.2. The molecule has 4 heteroatoms. The van der Waals surface area contributed by atoms with Crippen molar-refractivity contribution in [2.24, 2.45) is 0 Å². The SMILES string of the molecule is COC(=O)c1ccccc1C(C)N[C]=O. The highest BCUT2D eigenvalue weighted by Crippen LogP contribution is 2.17. The summed E-state index contributed by atoms with van der Waals surface area (Å²) < 4.78 is 4.64. The third-order valence-electron chi connectivity index (χ3n) is 2.11. The van der Waals surface area contributed by atoms with Gasteiger partial charge in [-0.25, -0.2) is 4.79 Å². The molecule has 79 valence electrons. The van der Waals surface area contributed by atoms with E-state index in [0.717, 1.165) is 0 Å². The van der Waals surface area contributed by atoms with E-state index in [1.807, 2.05) is 0 Å². The van der Waals surface area contributed by atoms with E-state index in [4.69, 9.17) is 0 Å². The molecular formula is C11H12NO3. The molecule has 0 spiro atoms. The third-order valence-corrected chi connectivity index (χ3v) is 2.11. The number of hydrogen-bond acceptors (Lipinski definition) is 3. The van der Waals surface area contributed by atoms with Crippen LogP contribution in [0.4, 0.5) is 0 Å². The van der Waals surface area contributed by atoms with Crippen LogP contribution in [0, 0.1) is 0 Å². The number of hydrogen-bond donors (Lipinski definition) is 1. The van der Waals surface area contributed by atoms with Crippen molar-refractivity contribution in [3.63, 3.8) is 0 Å². The summed E-state index contributed by atoms with van der Waals surface area (Å²) in [7, 11) is 1.32. The molecule has 1 radical (unpaired) electrons. The highest BCUT2D eigenvalue weighted by Gasteiger charge is 2.15. The average Bonchev–Trinajstić information content (AvgIpc) is 2.28. The number of carbonyl (C=O) groups is 1. The molecule has 0 aromatic heterocycles. The molecule has 15 heavy (non-hydrogen) atoms. The summed E-state index contributed by atoms with van der Waals surface area (Å²) in [5, 5.41) is 2.47. The minimum Gasteiger partial charge on any atom is -0.465 e. The minimum atomic E-state index is -0.412. The molecule has 0 aliphatic carbocycles. The molecule has 0 heterocycles. The van der Waals surface area contributed by atoms with E-state index in [-0.39, 0.29) is 6.04 Å². The molecule has 0 fully saturated rings. The first-order valence-electron chi connectivity index (χ1n) is 4.50. The Hall–Kier alpha value is -1.84. The number of methoxy groups -OCH3 is 1. The van der Waals surface area contributed by atoms with Gasteiger partial charge >= 0.3 is 12.4 Å². The Bertz CT molecular complexity index is 363. The van der Waals surface area contributed by atoms with Gasteiger partial charge in [0.1, 0.15) is 0 Å². The Morgan fingerprint density at radius 2 is 2.13 bits per heavy atom. The van der Waals surface area contributed by atoms with Crippen LogP contribution in [-0.4, -0.2) is 19.5 Å². The summed E-state index contributed by atoms with van der Waals surface area (Å²) in [4.78, 5) is 21.6. The van der Waals surface area contributed by atoms with Crippen molar-refractivity contribution in [3.05, 3.63) is 35.4 Å². The lowest BCUT2D eigenvalue weighted by Crippen LogP contribution is -2.19. The van der Waals surface area contributed by atoms with Gasteiger partial charge in [0.15, 0.2) is 0 Å². The van der Waals surface area contributed by atoms with Gasteiger partial charge in [0.25, 0.3) is 0 Å². The van der Waals surface area contributed by atoms with Gasteiger partial charge in [-0.2, -0.15) is 0 Å². The summed E-state index contributed by atoms with van der Waals surface area (Å²) in [5.41, 5.74) is 1.17. The lowest BCUT2D eigenvalue weighted by atomic mass is 10.0. The van der Waals surface area contributed by atoms with Crippen LogP contribution in [0.2, 0.25) is 0 Å². The number of carbonyl (C=O) groups excluding carboxylic acids is 2. The highest BCUT2D eigenvalue weighted by molar-refractivity contribution is 5.91. The van der Waals surface area contributed by atoms with Gasteiger partial charge in [0.05, 0.1) is 18.7 Å². The molecular weight excluding hydrogens is 194 g/mol. The Labute approximate surface area is 88.2 Å². The van der Waals surface area contributed by atoms with Gasteiger partial charge in [-0.1, -0.05) is 18.2 Å². The van der Waals surface area contributed by atoms with Crippen LogP contribution in [0.5, 0.6) is 0 Å². The summed E-state index contributed by atoms with van der Waals surface area (Å²) in [5.74, 6) is -0.412. The monoisotopic (exact) mass is 206 g/mol. The van der Waals surface area contributed by atoms with Gasteiger partial charge in [0.2, 0.25) is 0 Å². The standard InChI is InChI=1S/C11H12NO3/c1-8(12-7-13)9-5-3-4-6-10(9)11(14)15-2/h3-6,8H,1-2H3,(H,12,13). The van der Waals surface area contributed by atoms with Gasteiger partial charge in [-0.05, 0) is 18.6 Å². The highest BCUT2D eigenvalue weighted by atomic mass is 16.5. The molecule has 0 bridgehead atoms. The molecule has 0 aliphatic rings. The van der Waals surface area contributed by atoms with Gasteiger partial charge in [0, 0.05) is 0 Å². The molecule has 4 nitrogen and oxygen atoms in total. The van der Waals surface area contributed by atoms with E-state index in [9.17, 15) is 9.59 Å². The predicted molar refractivity (Wildman–Crippen MR) is 55.0 cm³/mol. The molecule has 0 saturated carbocycles. The van der Waals surface area contributed by atoms with Crippen LogP contribution in [0.25, 0.3) is 0 Å². The van der Waals surface area contributed by atoms with Crippen molar-refractivity contribution in [1.29, 1.82) is 0 Å². The van der Waals surface area contributed by atoms with E-state index in [2.05, 4.69) is 10.1 Å². The molecule has 0 saturated heterocycles. The topological polar surface area (TPSA) is 55.4 Å². The van der Waals surface area contributed by atoms with Crippen molar-refractivity contribution in [3.8, 4) is 0 Å². The average molecular weight is 206 g/mol. The first-order chi connectivity index (χ1) is 7.20. The minimum absolute atomic E-state index is 0.266. The molecule has 1 aromatic rings. The van der Waals surface area contributed by atoms with Crippen LogP contribution in [-0.2, 0) is 9.53 Å². The zero-order valence-corrected chi connectivity index (χ0v) is 8.61. The first-order valence-corrected chi connectivity index (χ1v) is 4.50. The Morgan fingerprint density at radius 3 is 2.73 bits per heavy atom. The molecule has 1 unspecified atom stereocenters. The molecule has 1 atom stereocenters. The number of rotatable bonds is 4. The van der Waals surface area contributed by atoms with Crippen LogP contribution in [0.3, 0.4) is 0 Å². The Balaban J connectivity index is 3.05. The van der Waals surface area contributed by atoms with Crippen LogP contribution >= 0.6 is 0 Å². The maximum absolute atomic E-state index is 11.4. The molecule has 1 N–H and O–H groups in total. The van der Waals surface area contributed by atoms with E-state index >= 15 is 0 Å². The molecule has 1 aromatic carbocycles. The van der Waals surface area contributed by atoms with E-state index in [1.54, 1.807) is 37.6 Å². The van der Waals surface area contributed by atoms with E-state index in [1.165, 1.54) is 7.11 Å². The van der Waals surface area contributed by atoms with E-state index in [0.29, 0.717) is 11.1 Å². The second-order valence-corrected chi connectivity index (χ2v) is 3.05. The maximum atomic E-state index is 11.4. The summed E-state index contributed by atoms with van der Waals surface area (Å²) in [6.45, 7) is 1.77. The van der Waals surface area contributed by atoms with Crippen molar-refractivity contribution in [1.82, 2.24) is 5.32 Å². The zero-order chi connectivity index (χ0) is 11.3. The number of benzene rings is 1. The molecule has 0 aliphatic heterocycles. The van der Waals surface area contributed by atoms with Gasteiger partial charge in [-0.15, -0.1) is 0 Å². The van der Waals surface area contributed by atoms with Crippen molar-refractivity contribution >= 4 is 12.4 Å². The van der Waals surface area contributed by atoms with Gasteiger partial charge in [-0.3, -0.25) is 4.79 Å². The number of esters is 1. The molecule has 1 rings (SSSR count). The van der Waals surface area contributed by atoms with Crippen LogP contribution in [0.15, 0.2) is 24.3 Å². The summed E-state index contributed by atoms with van der Waals surface area (Å²) in [6, 6.07) is 6.70. The number of amides is 1. The smallest absolute Gasteiger partial charge is 0.338 e. The Kier molecular flexibility index (Phi) is 3.85. The number of nitrogens with one attached hydrogen (secondary N) is 1. The normalized spacial score (nSPS) is 11.6. The van der Waals surface area contributed by atoms with Gasteiger partial charge < -0.3 is 10.1 Å². The zero-order valence-electron chi connectivity index (χ0n) is 8.61. The quantitative estimate of drug-likeness (QED) is 0.594. The fraction of sp³-hybridized carbons (Fsp3) is 0.273. The van der Waals surface area contributed by atoms with Crippen molar-refractivity contribution in [2.45, 2.75) is 13.0 Å². The lowest BCUT2D eigenvalue weighted by molar-refractivity contribution is 0.0599. The Morgan fingerprint density at radius 1 is 1.47 bits per heavy atom. The summed E-state index contributed by atoms with van der Waals surface area (Å²) in [6.07, 6.45) is 1.60. The fourth-order valence-electron chi connectivity index (χ4n) is 1.34. The second kappa shape index (κ2) is 5.14. The maximum Gasteiger partial charge on any atom is 0.338 e. The predicted octanol–water partition coefficient (Wildman–Crippen LogP) is 1.19. The largest absolute Gasteiger partial charge is 0.465 e. The summed E-state index contributed by atoms with van der Waals surface area (Å²) >= 11 is 0. The van der Waals surface area contributed by atoms with Crippen LogP contribution < -0.4 is 5.32 Å². The third kappa shape index (κ3) is 2.56. The number of ether oxygens (including phenoxy) is 1. The van der Waals surface area contributed by atoms with Crippen molar-refractivity contribution < 1.29 is 14.3 Å². The second-order valence-electron chi connectivity index (χ2n) is 3.05. The molecule has 1 amide bonds. The van der Waals surface area contributed by atoms with E-state index < -0.39 is 5.97 Å². The lowest BCUT2D eigenvalue weighted by Gasteiger charge is -2.13. The van der Waals surface area contributed by atoms with Crippen molar-refractivity contribution in [2.75, 3.05) is 7.11 Å².